The molecule has 0 aliphatic carbocycles. The molecule has 2 N–H and O–H groups in total. The van der Waals surface area contributed by atoms with E-state index in [-0.39, 0.29) is 0 Å². The van der Waals surface area contributed by atoms with Crippen LogP contribution in [-0.2, 0) is 6.61 Å². The van der Waals surface area contributed by atoms with Crippen LogP contribution in [0.25, 0.3) is 0 Å². The first kappa shape index (κ1) is 12.6. The van der Waals surface area contributed by atoms with Crippen LogP contribution < -0.4 is 15.2 Å². The number of benzene rings is 2. The molecule has 0 bridgehead atoms. The summed E-state index contributed by atoms with van der Waals surface area (Å²) in [5, 5.41) is 0.598. The SMILES string of the molecule is COc1cccc(COc2ccc(Cl)cc2N)c1. The van der Waals surface area contributed by atoms with Gasteiger partial charge in [0.25, 0.3) is 0 Å². The van der Waals surface area contributed by atoms with Crippen LogP contribution in [0, 0.1) is 0 Å². The molecule has 0 fully saturated rings. The van der Waals surface area contributed by atoms with Crippen molar-refractivity contribution in [3.63, 3.8) is 0 Å². The Hall–Kier alpha value is -1.87. The highest BCUT2D eigenvalue weighted by molar-refractivity contribution is 6.30. The van der Waals surface area contributed by atoms with Crippen LogP contribution in [0.2, 0.25) is 5.02 Å². The van der Waals surface area contributed by atoms with E-state index in [2.05, 4.69) is 0 Å². The Morgan fingerprint density at radius 2 is 2.00 bits per heavy atom. The fourth-order valence-electron chi connectivity index (χ4n) is 1.57. The molecule has 0 unspecified atom stereocenters. The molecule has 0 saturated carbocycles. The molecule has 0 spiro atoms. The molecular weight excluding hydrogens is 250 g/mol. The molecule has 0 saturated heterocycles. The third-order valence-electron chi connectivity index (χ3n) is 2.50. The van der Waals surface area contributed by atoms with Gasteiger partial charge in [-0.3, -0.25) is 0 Å². The van der Waals surface area contributed by atoms with E-state index in [1.807, 2.05) is 24.3 Å². The van der Waals surface area contributed by atoms with Gasteiger partial charge in [-0.1, -0.05) is 23.7 Å². The lowest BCUT2D eigenvalue weighted by molar-refractivity contribution is 0.307. The van der Waals surface area contributed by atoms with Crippen LogP contribution in [0.3, 0.4) is 0 Å². The normalized spacial score (nSPS) is 10.1. The first-order valence-electron chi connectivity index (χ1n) is 5.50. The summed E-state index contributed by atoms with van der Waals surface area (Å²) in [4.78, 5) is 0. The number of nitrogens with two attached hydrogens (primary N) is 1. The minimum atomic E-state index is 0.434. The number of hydrogen-bond donors (Lipinski definition) is 1. The van der Waals surface area contributed by atoms with Crippen molar-refractivity contribution in [1.82, 2.24) is 0 Å². The molecule has 0 radical (unpaired) electrons. The van der Waals surface area contributed by atoms with Gasteiger partial charge in [0.05, 0.1) is 12.8 Å². The lowest BCUT2D eigenvalue weighted by atomic mass is 10.2. The minimum Gasteiger partial charge on any atom is -0.497 e. The van der Waals surface area contributed by atoms with E-state index in [0.29, 0.717) is 23.1 Å². The van der Waals surface area contributed by atoms with Crippen molar-refractivity contribution >= 4 is 17.3 Å². The summed E-state index contributed by atoms with van der Waals surface area (Å²) >= 11 is 5.82. The van der Waals surface area contributed by atoms with E-state index in [9.17, 15) is 0 Å². The molecule has 2 aromatic carbocycles. The van der Waals surface area contributed by atoms with Crippen LogP contribution in [0.1, 0.15) is 5.56 Å². The van der Waals surface area contributed by atoms with Crippen molar-refractivity contribution in [2.24, 2.45) is 0 Å². The Labute approximate surface area is 111 Å². The predicted octanol–water partition coefficient (Wildman–Crippen LogP) is 3.51. The zero-order valence-electron chi connectivity index (χ0n) is 10.0. The Kier molecular flexibility index (Phi) is 3.95. The van der Waals surface area contributed by atoms with Gasteiger partial charge in [-0.15, -0.1) is 0 Å². The van der Waals surface area contributed by atoms with Crippen LogP contribution in [-0.4, -0.2) is 7.11 Å². The fourth-order valence-corrected chi connectivity index (χ4v) is 1.75. The molecule has 4 heteroatoms. The van der Waals surface area contributed by atoms with Crippen molar-refractivity contribution in [1.29, 1.82) is 0 Å². The maximum Gasteiger partial charge on any atom is 0.142 e. The summed E-state index contributed by atoms with van der Waals surface area (Å²) in [7, 11) is 1.64. The Morgan fingerprint density at radius 3 is 2.72 bits per heavy atom. The van der Waals surface area contributed by atoms with Gasteiger partial charge >= 0.3 is 0 Å². The largest absolute Gasteiger partial charge is 0.497 e. The van der Waals surface area contributed by atoms with Crippen LogP contribution in [0.4, 0.5) is 5.69 Å². The Balaban J connectivity index is 2.06. The van der Waals surface area contributed by atoms with Gasteiger partial charge in [-0.25, -0.2) is 0 Å². The quantitative estimate of drug-likeness (QED) is 0.859. The number of hydrogen-bond acceptors (Lipinski definition) is 3. The van der Waals surface area contributed by atoms with Crippen LogP contribution in [0.5, 0.6) is 11.5 Å². The second-order valence-corrected chi connectivity index (χ2v) is 4.26. The van der Waals surface area contributed by atoms with E-state index in [4.69, 9.17) is 26.8 Å². The Bertz CT molecular complexity index is 543. The van der Waals surface area contributed by atoms with Gasteiger partial charge in [0.15, 0.2) is 0 Å². The smallest absolute Gasteiger partial charge is 0.142 e. The van der Waals surface area contributed by atoms with Crippen LogP contribution >= 0.6 is 11.6 Å². The second-order valence-electron chi connectivity index (χ2n) is 3.82. The molecule has 0 aliphatic heterocycles. The monoisotopic (exact) mass is 263 g/mol. The third kappa shape index (κ3) is 3.08. The summed E-state index contributed by atoms with van der Waals surface area (Å²) in [5.41, 5.74) is 7.36. The standard InChI is InChI=1S/C14H14ClNO2/c1-17-12-4-2-3-10(7-12)9-18-14-6-5-11(15)8-13(14)16/h2-8H,9,16H2,1H3. The molecule has 18 heavy (non-hydrogen) atoms. The van der Waals surface area contributed by atoms with Crippen molar-refractivity contribution in [3.8, 4) is 11.5 Å². The fraction of sp³-hybridized carbons (Fsp3) is 0.143. The lowest BCUT2D eigenvalue weighted by Gasteiger charge is -2.09. The highest BCUT2D eigenvalue weighted by atomic mass is 35.5. The van der Waals surface area contributed by atoms with Gasteiger partial charge in [-0.2, -0.15) is 0 Å². The number of halogens is 1. The molecule has 0 aliphatic rings. The van der Waals surface area contributed by atoms with E-state index >= 15 is 0 Å². The minimum absolute atomic E-state index is 0.434. The summed E-state index contributed by atoms with van der Waals surface area (Å²) in [6, 6.07) is 12.9. The third-order valence-corrected chi connectivity index (χ3v) is 2.74. The first-order valence-corrected chi connectivity index (χ1v) is 5.87. The highest BCUT2D eigenvalue weighted by Crippen LogP contribution is 2.26. The topological polar surface area (TPSA) is 44.5 Å². The number of methoxy groups -OCH3 is 1. The van der Waals surface area contributed by atoms with Crippen molar-refractivity contribution in [2.45, 2.75) is 6.61 Å². The Morgan fingerprint density at radius 1 is 1.17 bits per heavy atom. The first-order chi connectivity index (χ1) is 8.69. The molecule has 0 atom stereocenters. The molecule has 0 heterocycles. The summed E-state index contributed by atoms with van der Waals surface area (Å²) < 4.78 is 10.8. The lowest BCUT2D eigenvalue weighted by Crippen LogP contribution is -1.99. The molecule has 94 valence electrons. The molecule has 3 nitrogen and oxygen atoms in total. The van der Waals surface area contributed by atoms with Crippen molar-refractivity contribution in [3.05, 3.63) is 53.1 Å². The average Bonchev–Trinajstić information content (AvgIpc) is 2.38. The number of ether oxygens (including phenoxy) is 2. The number of anilines is 1. The van der Waals surface area contributed by atoms with Crippen LogP contribution in [0.15, 0.2) is 42.5 Å². The van der Waals surface area contributed by atoms with Gasteiger partial charge in [0, 0.05) is 5.02 Å². The van der Waals surface area contributed by atoms with Gasteiger partial charge in [0.2, 0.25) is 0 Å². The predicted molar refractivity (Wildman–Crippen MR) is 73.2 cm³/mol. The molecule has 0 aromatic heterocycles. The highest BCUT2D eigenvalue weighted by Gasteiger charge is 2.02. The molecule has 2 rings (SSSR count). The summed E-state index contributed by atoms with van der Waals surface area (Å²) in [6.07, 6.45) is 0. The van der Waals surface area contributed by atoms with E-state index in [1.165, 1.54) is 0 Å². The molecule has 2 aromatic rings. The van der Waals surface area contributed by atoms with E-state index in [0.717, 1.165) is 11.3 Å². The second kappa shape index (κ2) is 5.65. The average molecular weight is 264 g/mol. The summed E-state index contributed by atoms with van der Waals surface area (Å²) in [6.45, 7) is 0.434. The van der Waals surface area contributed by atoms with Crippen molar-refractivity contribution < 1.29 is 9.47 Å². The maximum atomic E-state index is 5.82. The van der Waals surface area contributed by atoms with Crippen molar-refractivity contribution in [2.75, 3.05) is 12.8 Å². The van der Waals surface area contributed by atoms with E-state index < -0.39 is 0 Å². The number of nitrogen functional groups attached to an aromatic ring is 1. The zero-order valence-corrected chi connectivity index (χ0v) is 10.8. The number of rotatable bonds is 4. The van der Waals surface area contributed by atoms with Gasteiger partial charge in [0.1, 0.15) is 18.1 Å². The zero-order chi connectivity index (χ0) is 13.0. The van der Waals surface area contributed by atoms with Gasteiger partial charge < -0.3 is 15.2 Å². The van der Waals surface area contributed by atoms with Gasteiger partial charge in [-0.05, 0) is 35.9 Å². The van der Waals surface area contributed by atoms with E-state index in [1.54, 1.807) is 25.3 Å². The molecular formula is C14H14ClNO2. The molecule has 0 amide bonds. The maximum absolute atomic E-state index is 5.82. The summed E-state index contributed by atoms with van der Waals surface area (Å²) in [5.74, 6) is 1.43.